The highest BCUT2D eigenvalue weighted by Gasteiger charge is 2.36. The van der Waals surface area contributed by atoms with E-state index in [1.165, 1.54) is 0 Å². The minimum absolute atomic E-state index is 0.353. The summed E-state index contributed by atoms with van der Waals surface area (Å²) in [7, 11) is 2.35. The molecule has 0 amide bonds. The molecular weight excluding hydrogens is 240 g/mol. The van der Waals surface area contributed by atoms with Crippen molar-refractivity contribution >= 4 is 8.80 Å². The molecule has 104 valence electrons. The number of hydrogen-bond acceptors (Lipinski definition) is 5. The van der Waals surface area contributed by atoms with E-state index in [0.29, 0.717) is 13.2 Å². The van der Waals surface area contributed by atoms with Gasteiger partial charge in [0, 0.05) is 34.0 Å². The van der Waals surface area contributed by atoms with Crippen molar-refractivity contribution in [1.82, 2.24) is 0 Å². The first-order valence-corrected chi connectivity index (χ1v) is 7.98. The van der Waals surface area contributed by atoms with Crippen LogP contribution < -0.4 is 0 Å². The lowest BCUT2D eigenvalue weighted by molar-refractivity contribution is 0.0306. The van der Waals surface area contributed by atoms with Gasteiger partial charge in [-0.25, -0.2) is 0 Å². The molecule has 1 atom stereocenters. The molecule has 0 saturated carbocycles. The van der Waals surface area contributed by atoms with Crippen molar-refractivity contribution in [3.8, 4) is 0 Å². The quantitative estimate of drug-likeness (QED) is 0.453. The van der Waals surface area contributed by atoms with Gasteiger partial charge < -0.3 is 23.1 Å². The van der Waals surface area contributed by atoms with Gasteiger partial charge in [-0.05, 0) is 12.8 Å². The molecule has 0 rings (SSSR count). The summed E-state index contributed by atoms with van der Waals surface area (Å²) in [6, 6.07) is 0.723. The molecule has 0 saturated heterocycles. The molecule has 0 aliphatic carbocycles. The maximum absolute atomic E-state index is 9.46. The fraction of sp³-hybridized carbons (Fsp3) is 1.00. The monoisotopic (exact) mass is 266 g/mol. The van der Waals surface area contributed by atoms with E-state index >= 15 is 0 Å². The number of aliphatic hydroxyl groups excluding tert-OH is 1. The van der Waals surface area contributed by atoms with E-state index in [0.717, 1.165) is 25.3 Å². The molecule has 0 radical (unpaired) electrons. The summed E-state index contributed by atoms with van der Waals surface area (Å²) in [5, 5.41) is 9.46. The molecular formula is C11H26O5Si. The Morgan fingerprint density at radius 2 is 1.71 bits per heavy atom. The molecule has 0 aromatic rings. The van der Waals surface area contributed by atoms with Crippen LogP contribution in [0.4, 0.5) is 0 Å². The molecule has 0 spiro atoms. The summed E-state index contributed by atoms with van der Waals surface area (Å²) in [4.78, 5) is 0. The molecule has 0 aliphatic rings. The highest BCUT2D eigenvalue weighted by Crippen LogP contribution is 2.14. The Labute approximate surface area is 105 Å². The van der Waals surface area contributed by atoms with Gasteiger partial charge >= 0.3 is 8.80 Å². The summed E-state index contributed by atoms with van der Waals surface area (Å²) >= 11 is 0. The van der Waals surface area contributed by atoms with E-state index in [2.05, 4.69) is 0 Å². The molecule has 0 heterocycles. The molecule has 1 unspecified atom stereocenters. The van der Waals surface area contributed by atoms with Crippen LogP contribution in [-0.4, -0.2) is 54.6 Å². The SMILES string of the molecule is CCCC(O)COCCC[Si](OC)(OC)OC. The smallest absolute Gasteiger partial charge is 0.391 e. The summed E-state index contributed by atoms with van der Waals surface area (Å²) in [6.45, 7) is 3.03. The predicted molar refractivity (Wildman–Crippen MR) is 67.9 cm³/mol. The highest BCUT2D eigenvalue weighted by molar-refractivity contribution is 6.60. The summed E-state index contributed by atoms with van der Waals surface area (Å²) in [6.07, 6.45) is 2.21. The Balaban J connectivity index is 3.62. The second kappa shape index (κ2) is 9.99. The van der Waals surface area contributed by atoms with Gasteiger partial charge in [-0.15, -0.1) is 0 Å². The standard InChI is InChI=1S/C11H26O5Si/c1-5-7-11(12)10-16-8-6-9-17(13-2,14-3)15-4/h11-12H,5-10H2,1-4H3. The first-order valence-electron chi connectivity index (χ1n) is 6.05. The molecule has 1 N–H and O–H groups in total. The maximum atomic E-state index is 9.46. The van der Waals surface area contributed by atoms with Crippen LogP contribution in [0.15, 0.2) is 0 Å². The van der Waals surface area contributed by atoms with E-state index in [9.17, 15) is 5.11 Å². The summed E-state index contributed by atoms with van der Waals surface area (Å²) in [5.74, 6) is 0. The Morgan fingerprint density at radius 1 is 1.12 bits per heavy atom. The molecule has 17 heavy (non-hydrogen) atoms. The molecule has 0 bridgehead atoms. The molecule has 0 fully saturated rings. The molecule has 6 heteroatoms. The van der Waals surface area contributed by atoms with Crippen molar-refractivity contribution < 1.29 is 23.1 Å². The van der Waals surface area contributed by atoms with Crippen LogP contribution in [0.5, 0.6) is 0 Å². The second-order valence-corrected chi connectivity index (χ2v) is 7.01. The zero-order valence-corrected chi connectivity index (χ0v) is 12.4. The average molecular weight is 266 g/mol. The van der Waals surface area contributed by atoms with Crippen LogP contribution in [0.25, 0.3) is 0 Å². The van der Waals surface area contributed by atoms with Crippen molar-refractivity contribution in [2.75, 3.05) is 34.5 Å². The van der Waals surface area contributed by atoms with Crippen LogP contribution >= 0.6 is 0 Å². The lowest BCUT2D eigenvalue weighted by Crippen LogP contribution is -2.42. The Morgan fingerprint density at radius 3 is 2.18 bits per heavy atom. The van der Waals surface area contributed by atoms with Gasteiger partial charge in [-0.1, -0.05) is 13.3 Å². The summed E-state index contributed by atoms with van der Waals surface area (Å²) in [5.41, 5.74) is 0. The van der Waals surface area contributed by atoms with Gasteiger partial charge in [0.25, 0.3) is 0 Å². The van der Waals surface area contributed by atoms with Crippen LogP contribution in [0.2, 0.25) is 6.04 Å². The van der Waals surface area contributed by atoms with Gasteiger partial charge in [0.05, 0.1) is 12.7 Å². The van der Waals surface area contributed by atoms with Gasteiger partial charge in [0.1, 0.15) is 0 Å². The van der Waals surface area contributed by atoms with Crippen molar-refractivity contribution in [2.45, 2.75) is 38.3 Å². The molecule has 0 aliphatic heterocycles. The first-order chi connectivity index (χ1) is 8.14. The van der Waals surface area contributed by atoms with Gasteiger partial charge in [-0.2, -0.15) is 0 Å². The third-order valence-corrected chi connectivity index (χ3v) is 5.47. The fourth-order valence-corrected chi connectivity index (χ4v) is 3.27. The van der Waals surface area contributed by atoms with Crippen molar-refractivity contribution in [3.05, 3.63) is 0 Å². The third kappa shape index (κ3) is 7.12. The van der Waals surface area contributed by atoms with Crippen LogP contribution in [-0.2, 0) is 18.0 Å². The molecule has 5 nitrogen and oxygen atoms in total. The van der Waals surface area contributed by atoms with Crippen LogP contribution in [0.1, 0.15) is 26.2 Å². The predicted octanol–water partition coefficient (Wildman–Crippen LogP) is 1.43. The van der Waals surface area contributed by atoms with Gasteiger partial charge in [-0.3, -0.25) is 0 Å². The maximum Gasteiger partial charge on any atom is 0.500 e. The van der Waals surface area contributed by atoms with Crippen LogP contribution in [0, 0.1) is 0 Å². The Kier molecular flexibility index (Phi) is 10.00. The number of ether oxygens (including phenoxy) is 1. The van der Waals surface area contributed by atoms with E-state index < -0.39 is 8.80 Å². The van der Waals surface area contributed by atoms with Crippen molar-refractivity contribution in [3.63, 3.8) is 0 Å². The zero-order valence-electron chi connectivity index (χ0n) is 11.4. The van der Waals surface area contributed by atoms with Crippen LogP contribution in [0.3, 0.4) is 0 Å². The van der Waals surface area contributed by atoms with Gasteiger partial charge in [0.2, 0.25) is 0 Å². The topological polar surface area (TPSA) is 57.2 Å². The van der Waals surface area contributed by atoms with Gasteiger partial charge in [0.15, 0.2) is 0 Å². The minimum atomic E-state index is -2.45. The largest absolute Gasteiger partial charge is 0.500 e. The number of hydrogen-bond donors (Lipinski definition) is 1. The third-order valence-electron chi connectivity index (χ3n) is 2.64. The highest BCUT2D eigenvalue weighted by atomic mass is 28.4. The normalized spacial score (nSPS) is 13.9. The van der Waals surface area contributed by atoms with E-state index in [1.807, 2.05) is 6.92 Å². The lowest BCUT2D eigenvalue weighted by Gasteiger charge is -2.24. The summed E-state index contributed by atoms with van der Waals surface area (Å²) < 4.78 is 21.3. The van der Waals surface area contributed by atoms with E-state index in [-0.39, 0.29) is 6.10 Å². The minimum Gasteiger partial charge on any atom is -0.391 e. The zero-order chi connectivity index (χ0) is 13.1. The fourth-order valence-electron chi connectivity index (χ4n) is 1.58. The Bertz CT molecular complexity index is 167. The number of rotatable bonds is 11. The lowest BCUT2D eigenvalue weighted by atomic mass is 10.2. The Hall–Kier alpha value is 0.0169. The average Bonchev–Trinajstić information content (AvgIpc) is 2.35. The molecule has 0 aromatic heterocycles. The van der Waals surface area contributed by atoms with Crippen molar-refractivity contribution in [1.29, 1.82) is 0 Å². The van der Waals surface area contributed by atoms with Crippen molar-refractivity contribution in [2.24, 2.45) is 0 Å². The van der Waals surface area contributed by atoms with E-state index in [1.54, 1.807) is 21.3 Å². The first kappa shape index (κ1) is 17.0. The van der Waals surface area contributed by atoms with E-state index in [4.69, 9.17) is 18.0 Å². The molecule has 0 aromatic carbocycles. The second-order valence-electron chi connectivity index (χ2n) is 3.92. The number of aliphatic hydroxyl groups is 1.